The number of thiophene rings is 1. The van der Waals surface area contributed by atoms with Gasteiger partial charge in [0.25, 0.3) is 0 Å². The maximum absolute atomic E-state index is 5.97. The van der Waals surface area contributed by atoms with E-state index in [-0.39, 0.29) is 0 Å². The lowest BCUT2D eigenvalue weighted by molar-refractivity contribution is 1.44. The number of hydrogen-bond acceptors (Lipinski definition) is 2. The van der Waals surface area contributed by atoms with Crippen LogP contribution in [0.3, 0.4) is 0 Å². The first-order chi connectivity index (χ1) is 5.29. The molecule has 3 heteroatoms. The molecule has 2 aromatic rings. The van der Waals surface area contributed by atoms with Gasteiger partial charge in [0, 0.05) is 11.6 Å². The number of aromatic nitrogens is 1. The van der Waals surface area contributed by atoms with Crippen molar-refractivity contribution in [1.29, 1.82) is 0 Å². The van der Waals surface area contributed by atoms with E-state index in [2.05, 4.69) is 10.4 Å². The largest absolute Gasteiger partial charge is 0.245 e. The molecular weight excluding hydrogens is 178 g/mol. The molecule has 0 spiro atoms. The average molecular weight is 184 g/mol. The number of halogens is 1. The maximum Gasteiger partial charge on any atom is 0.124 e. The van der Waals surface area contributed by atoms with Gasteiger partial charge in [-0.05, 0) is 23.9 Å². The van der Waals surface area contributed by atoms with E-state index in [0.29, 0.717) is 0 Å². The molecule has 0 amide bonds. The summed E-state index contributed by atoms with van der Waals surface area (Å²) < 4.78 is 0. The van der Waals surface area contributed by atoms with Gasteiger partial charge in [-0.2, -0.15) is 0 Å². The first kappa shape index (κ1) is 7.07. The highest BCUT2D eigenvalue weighted by Gasteiger charge is 2.03. The molecule has 0 aromatic carbocycles. The molecule has 0 fully saturated rings. The van der Waals surface area contributed by atoms with Gasteiger partial charge >= 0.3 is 0 Å². The van der Waals surface area contributed by atoms with E-state index in [0.717, 1.165) is 15.2 Å². The van der Waals surface area contributed by atoms with E-state index >= 15 is 0 Å². The van der Waals surface area contributed by atoms with Gasteiger partial charge in [-0.3, -0.25) is 0 Å². The predicted molar refractivity (Wildman–Crippen MR) is 49.4 cm³/mol. The lowest BCUT2D eigenvalue weighted by Crippen LogP contribution is -1.73. The van der Waals surface area contributed by atoms with Gasteiger partial charge in [0.1, 0.15) is 4.83 Å². The Morgan fingerprint density at radius 1 is 1.55 bits per heavy atom. The van der Waals surface area contributed by atoms with E-state index in [9.17, 15) is 0 Å². The SMILES string of the molecule is Cc1csc2nccc(Cl)c12. The summed E-state index contributed by atoms with van der Waals surface area (Å²) >= 11 is 7.60. The van der Waals surface area contributed by atoms with Crippen molar-refractivity contribution in [2.45, 2.75) is 6.92 Å². The van der Waals surface area contributed by atoms with Crippen molar-refractivity contribution in [3.8, 4) is 0 Å². The van der Waals surface area contributed by atoms with Crippen LogP contribution in [0.1, 0.15) is 5.56 Å². The number of nitrogens with zero attached hydrogens (tertiary/aromatic N) is 1. The highest BCUT2D eigenvalue weighted by molar-refractivity contribution is 7.17. The van der Waals surface area contributed by atoms with E-state index in [1.54, 1.807) is 17.5 Å². The molecule has 11 heavy (non-hydrogen) atoms. The molecule has 0 unspecified atom stereocenters. The Hall–Kier alpha value is -0.600. The summed E-state index contributed by atoms with van der Waals surface area (Å²) in [5, 5.41) is 3.97. The van der Waals surface area contributed by atoms with Gasteiger partial charge in [-0.1, -0.05) is 11.6 Å². The second-order valence-corrected chi connectivity index (χ2v) is 3.66. The topological polar surface area (TPSA) is 12.9 Å². The molecule has 0 saturated heterocycles. The molecule has 0 bridgehead atoms. The monoisotopic (exact) mass is 183 g/mol. The second-order valence-electron chi connectivity index (χ2n) is 2.39. The summed E-state index contributed by atoms with van der Waals surface area (Å²) in [7, 11) is 0. The first-order valence-corrected chi connectivity index (χ1v) is 4.53. The summed E-state index contributed by atoms with van der Waals surface area (Å²) in [6.07, 6.45) is 1.74. The quantitative estimate of drug-likeness (QED) is 0.611. The Morgan fingerprint density at radius 2 is 2.36 bits per heavy atom. The zero-order valence-corrected chi connectivity index (χ0v) is 7.54. The van der Waals surface area contributed by atoms with E-state index in [1.807, 2.05) is 13.0 Å². The fourth-order valence-electron chi connectivity index (χ4n) is 1.07. The van der Waals surface area contributed by atoms with Crippen molar-refractivity contribution in [2.24, 2.45) is 0 Å². The summed E-state index contributed by atoms with van der Waals surface area (Å²) in [4.78, 5) is 5.22. The van der Waals surface area contributed by atoms with Gasteiger partial charge in [0.2, 0.25) is 0 Å². The summed E-state index contributed by atoms with van der Waals surface area (Å²) in [5.74, 6) is 0. The van der Waals surface area contributed by atoms with Crippen LogP contribution in [-0.2, 0) is 0 Å². The van der Waals surface area contributed by atoms with Crippen LogP contribution in [0.5, 0.6) is 0 Å². The molecular formula is C8H6ClNS. The summed E-state index contributed by atoms with van der Waals surface area (Å²) in [6.45, 7) is 2.05. The molecule has 0 atom stereocenters. The van der Waals surface area contributed by atoms with Gasteiger partial charge in [0.05, 0.1) is 5.02 Å². The molecule has 1 nitrogen and oxygen atoms in total. The van der Waals surface area contributed by atoms with Crippen LogP contribution in [0.15, 0.2) is 17.6 Å². The van der Waals surface area contributed by atoms with Crippen molar-refractivity contribution in [1.82, 2.24) is 4.98 Å². The maximum atomic E-state index is 5.97. The van der Waals surface area contributed by atoms with Gasteiger partial charge < -0.3 is 0 Å². The lowest BCUT2D eigenvalue weighted by atomic mass is 10.2. The van der Waals surface area contributed by atoms with E-state index in [4.69, 9.17) is 11.6 Å². The number of fused-ring (bicyclic) bond motifs is 1. The van der Waals surface area contributed by atoms with Crippen LogP contribution in [0.2, 0.25) is 5.02 Å². The fraction of sp³-hybridized carbons (Fsp3) is 0.125. The third-order valence-corrected chi connectivity index (χ3v) is 2.93. The Bertz CT molecular complexity index is 394. The number of rotatable bonds is 0. The van der Waals surface area contributed by atoms with Crippen LogP contribution < -0.4 is 0 Å². The van der Waals surface area contributed by atoms with Gasteiger partial charge in [-0.25, -0.2) is 4.98 Å². The highest BCUT2D eigenvalue weighted by Crippen LogP contribution is 2.29. The molecule has 2 aromatic heterocycles. The molecule has 0 radical (unpaired) electrons. The number of pyridine rings is 1. The molecule has 56 valence electrons. The van der Waals surface area contributed by atoms with Crippen LogP contribution in [-0.4, -0.2) is 4.98 Å². The highest BCUT2D eigenvalue weighted by atomic mass is 35.5. The lowest BCUT2D eigenvalue weighted by Gasteiger charge is -1.92. The van der Waals surface area contributed by atoms with Crippen LogP contribution in [0.4, 0.5) is 0 Å². The van der Waals surface area contributed by atoms with Crippen LogP contribution in [0.25, 0.3) is 10.2 Å². The van der Waals surface area contributed by atoms with Crippen LogP contribution >= 0.6 is 22.9 Å². The minimum Gasteiger partial charge on any atom is -0.245 e. The van der Waals surface area contributed by atoms with Crippen molar-refractivity contribution >= 4 is 33.2 Å². The van der Waals surface area contributed by atoms with Crippen molar-refractivity contribution in [2.75, 3.05) is 0 Å². The van der Waals surface area contributed by atoms with Crippen molar-refractivity contribution < 1.29 is 0 Å². The standard InChI is InChI=1S/C8H6ClNS/c1-5-4-11-8-7(5)6(9)2-3-10-8/h2-4H,1H3. The molecule has 0 aliphatic carbocycles. The summed E-state index contributed by atoms with van der Waals surface area (Å²) in [6, 6.07) is 1.82. The molecule has 0 aliphatic rings. The van der Waals surface area contributed by atoms with Gasteiger partial charge in [0.15, 0.2) is 0 Å². The Morgan fingerprint density at radius 3 is 3.09 bits per heavy atom. The molecule has 0 saturated carbocycles. The van der Waals surface area contributed by atoms with E-state index < -0.39 is 0 Å². The number of hydrogen-bond donors (Lipinski definition) is 0. The minimum absolute atomic E-state index is 0.800. The minimum atomic E-state index is 0.800. The second kappa shape index (κ2) is 2.47. The van der Waals surface area contributed by atoms with Crippen molar-refractivity contribution in [3.63, 3.8) is 0 Å². The summed E-state index contributed by atoms with van der Waals surface area (Å²) in [5.41, 5.74) is 1.21. The zero-order chi connectivity index (χ0) is 7.84. The first-order valence-electron chi connectivity index (χ1n) is 3.27. The molecule has 2 rings (SSSR count). The van der Waals surface area contributed by atoms with Crippen LogP contribution in [0, 0.1) is 6.92 Å². The molecule has 0 aliphatic heterocycles. The molecule has 0 N–H and O–H groups in total. The Labute approximate surface area is 73.6 Å². The normalized spacial score (nSPS) is 10.7. The van der Waals surface area contributed by atoms with Gasteiger partial charge in [-0.15, -0.1) is 11.3 Å². The zero-order valence-electron chi connectivity index (χ0n) is 5.97. The fourth-order valence-corrected chi connectivity index (χ4v) is 2.34. The smallest absolute Gasteiger partial charge is 0.124 e. The van der Waals surface area contributed by atoms with E-state index in [1.165, 1.54) is 5.56 Å². The van der Waals surface area contributed by atoms with Crippen molar-refractivity contribution in [3.05, 3.63) is 28.2 Å². The Balaban J connectivity index is 2.96. The Kier molecular flexibility index (Phi) is 1.59. The predicted octanol–water partition coefficient (Wildman–Crippen LogP) is 3.26. The number of aryl methyl sites for hydroxylation is 1. The third kappa shape index (κ3) is 1.03. The average Bonchev–Trinajstić information content (AvgIpc) is 2.34. The molecule has 2 heterocycles. The third-order valence-electron chi connectivity index (χ3n) is 1.61.